The van der Waals surface area contributed by atoms with Gasteiger partial charge in [0.2, 0.25) is 10.0 Å². The van der Waals surface area contributed by atoms with Crippen LogP contribution in [0.25, 0.3) is 0 Å². The van der Waals surface area contributed by atoms with Crippen LogP contribution >= 0.6 is 15.9 Å². The molecular weight excluding hydrogens is 332 g/mol. The molecule has 1 fully saturated rings. The average Bonchev–Trinajstić information content (AvgIpc) is 2.93. The summed E-state index contributed by atoms with van der Waals surface area (Å²) in [6.07, 6.45) is 3.35. The number of hydrogen-bond acceptors (Lipinski definition) is 4. The van der Waals surface area contributed by atoms with Crippen molar-refractivity contribution in [1.29, 1.82) is 0 Å². The molecule has 2 atom stereocenters. The van der Waals surface area contributed by atoms with Crippen molar-refractivity contribution in [1.82, 2.24) is 4.72 Å². The van der Waals surface area contributed by atoms with E-state index in [9.17, 15) is 8.42 Å². The van der Waals surface area contributed by atoms with E-state index < -0.39 is 10.0 Å². The lowest BCUT2D eigenvalue weighted by molar-refractivity contribution is 0.480. The van der Waals surface area contributed by atoms with Gasteiger partial charge < -0.3 is 10.2 Å². The van der Waals surface area contributed by atoms with Gasteiger partial charge in [0, 0.05) is 12.6 Å². The molecule has 1 aliphatic rings. The van der Waals surface area contributed by atoms with E-state index in [0.29, 0.717) is 24.1 Å². The zero-order valence-corrected chi connectivity index (χ0v) is 13.3. The first-order valence-corrected chi connectivity index (χ1v) is 8.68. The zero-order valence-electron chi connectivity index (χ0n) is 10.9. The van der Waals surface area contributed by atoms with E-state index in [1.165, 1.54) is 12.5 Å². The molecule has 19 heavy (non-hydrogen) atoms. The SMILES string of the molecule is CC1CCC(CNS(=O)(=O)c2cc(CN)oc2Br)C1. The second-order valence-corrected chi connectivity index (χ2v) is 7.65. The van der Waals surface area contributed by atoms with Gasteiger partial charge in [-0.25, -0.2) is 13.1 Å². The number of rotatable bonds is 5. The Labute approximate surface area is 122 Å². The van der Waals surface area contributed by atoms with Gasteiger partial charge in [-0.15, -0.1) is 0 Å². The van der Waals surface area contributed by atoms with E-state index in [1.54, 1.807) is 0 Å². The van der Waals surface area contributed by atoms with Gasteiger partial charge in [0.05, 0.1) is 6.54 Å². The molecule has 1 aromatic heterocycles. The molecule has 0 spiro atoms. The van der Waals surface area contributed by atoms with Crippen LogP contribution in [-0.2, 0) is 16.6 Å². The van der Waals surface area contributed by atoms with Crippen LogP contribution < -0.4 is 10.5 Å². The third-order valence-electron chi connectivity index (χ3n) is 3.56. The second kappa shape index (κ2) is 5.95. The van der Waals surface area contributed by atoms with Crippen molar-refractivity contribution in [3.05, 3.63) is 16.5 Å². The van der Waals surface area contributed by atoms with Crippen LogP contribution in [0.2, 0.25) is 0 Å². The number of hydrogen-bond donors (Lipinski definition) is 2. The summed E-state index contributed by atoms with van der Waals surface area (Å²) in [4.78, 5) is 0.124. The van der Waals surface area contributed by atoms with Crippen LogP contribution in [0.4, 0.5) is 0 Å². The molecule has 1 saturated carbocycles. The van der Waals surface area contributed by atoms with Gasteiger partial charge in [0.25, 0.3) is 0 Å². The van der Waals surface area contributed by atoms with Gasteiger partial charge >= 0.3 is 0 Å². The van der Waals surface area contributed by atoms with Gasteiger partial charge in [-0.1, -0.05) is 13.3 Å². The number of nitrogens with two attached hydrogens (primary N) is 1. The van der Waals surface area contributed by atoms with E-state index in [-0.39, 0.29) is 16.1 Å². The summed E-state index contributed by atoms with van der Waals surface area (Å²) in [6.45, 7) is 2.87. The molecule has 0 bridgehead atoms. The van der Waals surface area contributed by atoms with E-state index in [2.05, 4.69) is 27.6 Å². The molecule has 0 aromatic carbocycles. The molecule has 2 unspecified atom stereocenters. The zero-order chi connectivity index (χ0) is 14.0. The Hall–Kier alpha value is -0.370. The Balaban J connectivity index is 2.03. The highest BCUT2D eigenvalue weighted by Gasteiger charge is 2.26. The van der Waals surface area contributed by atoms with E-state index in [1.807, 2.05) is 0 Å². The monoisotopic (exact) mass is 350 g/mol. The van der Waals surface area contributed by atoms with Crippen molar-refractivity contribution in [3.8, 4) is 0 Å². The lowest BCUT2D eigenvalue weighted by atomic mass is 10.1. The Bertz CT molecular complexity index is 541. The minimum atomic E-state index is -3.53. The topological polar surface area (TPSA) is 85.3 Å². The number of sulfonamides is 1. The lowest BCUT2D eigenvalue weighted by Crippen LogP contribution is -2.28. The van der Waals surface area contributed by atoms with Crippen LogP contribution in [-0.4, -0.2) is 15.0 Å². The van der Waals surface area contributed by atoms with E-state index in [0.717, 1.165) is 12.8 Å². The molecule has 0 aliphatic heterocycles. The summed E-state index contributed by atoms with van der Waals surface area (Å²) in [7, 11) is -3.53. The predicted octanol–water partition coefficient (Wildman–Crippen LogP) is 2.22. The van der Waals surface area contributed by atoms with Crippen LogP contribution in [0.3, 0.4) is 0 Å². The van der Waals surface area contributed by atoms with Crippen molar-refractivity contribution in [2.45, 2.75) is 37.6 Å². The van der Waals surface area contributed by atoms with E-state index in [4.69, 9.17) is 10.2 Å². The molecule has 0 amide bonds. The molecule has 2 rings (SSSR count). The summed E-state index contributed by atoms with van der Waals surface area (Å²) in [5, 5.41) is 0. The number of furan rings is 1. The lowest BCUT2D eigenvalue weighted by Gasteiger charge is -2.10. The Morgan fingerprint density at radius 3 is 2.79 bits per heavy atom. The molecule has 1 heterocycles. The highest BCUT2D eigenvalue weighted by atomic mass is 79.9. The fourth-order valence-electron chi connectivity index (χ4n) is 2.50. The summed E-state index contributed by atoms with van der Waals surface area (Å²) in [5.74, 6) is 1.57. The van der Waals surface area contributed by atoms with Crippen LogP contribution in [0, 0.1) is 11.8 Å². The van der Waals surface area contributed by atoms with Crippen molar-refractivity contribution in [3.63, 3.8) is 0 Å². The molecule has 1 aromatic rings. The van der Waals surface area contributed by atoms with Gasteiger partial charge in [0.15, 0.2) is 4.67 Å². The molecule has 3 N–H and O–H groups in total. The van der Waals surface area contributed by atoms with Crippen LogP contribution in [0.15, 0.2) is 20.0 Å². The first kappa shape index (κ1) is 15.0. The van der Waals surface area contributed by atoms with Crippen LogP contribution in [0.1, 0.15) is 31.9 Å². The summed E-state index contributed by atoms with van der Waals surface area (Å²) < 4.78 is 32.4. The maximum absolute atomic E-state index is 12.2. The minimum absolute atomic E-state index is 0.124. The molecule has 108 valence electrons. The average molecular weight is 351 g/mol. The highest BCUT2D eigenvalue weighted by molar-refractivity contribution is 9.10. The maximum atomic E-state index is 12.2. The quantitative estimate of drug-likeness (QED) is 0.852. The third-order valence-corrected chi connectivity index (χ3v) is 5.84. The molecule has 0 saturated heterocycles. The molecule has 0 radical (unpaired) electrons. The normalized spacial score (nSPS) is 23.9. The standard InChI is InChI=1S/C12H19BrN2O3S/c1-8-2-3-9(4-8)7-15-19(16,17)11-5-10(6-14)18-12(11)13/h5,8-9,15H,2-4,6-7,14H2,1H3. The Kier molecular flexibility index (Phi) is 4.70. The summed E-state index contributed by atoms with van der Waals surface area (Å²) in [5.41, 5.74) is 5.43. The number of halogens is 1. The highest BCUT2D eigenvalue weighted by Crippen LogP contribution is 2.30. The fraction of sp³-hybridized carbons (Fsp3) is 0.667. The fourth-order valence-corrected chi connectivity index (χ4v) is 4.61. The summed E-state index contributed by atoms with van der Waals surface area (Å²) >= 11 is 3.12. The largest absolute Gasteiger partial charge is 0.452 e. The van der Waals surface area contributed by atoms with Gasteiger partial charge in [-0.2, -0.15) is 0 Å². The molecule has 5 nitrogen and oxygen atoms in total. The van der Waals surface area contributed by atoms with Gasteiger partial charge in [0.1, 0.15) is 10.7 Å². The molecular formula is C12H19BrN2O3S. The van der Waals surface area contributed by atoms with E-state index >= 15 is 0 Å². The van der Waals surface area contributed by atoms with Crippen molar-refractivity contribution >= 4 is 26.0 Å². The molecule has 7 heteroatoms. The maximum Gasteiger partial charge on any atom is 0.244 e. The third kappa shape index (κ3) is 3.59. The Morgan fingerprint density at radius 2 is 2.26 bits per heavy atom. The minimum Gasteiger partial charge on any atom is -0.452 e. The van der Waals surface area contributed by atoms with Crippen molar-refractivity contribution < 1.29 is 12.8 Å². The molecule has 1 aliphatic carbocycles. The predicted molar refractivity (Wildman–Crippen MR) is 76.0 cm³/mol. The first-order valence-electron chi connectivity index (χ1n) is 6.40. The van der Waals surface area contributed by atoms with Gasteiger partial charge in [-0.05, 0) is 40.6 Å². The Morgan fingerprint density at radius 1 is 1.53 bits per heavy atom. The first-order chi connectivity index (χ1) is 8.92. The number of nitrogens with one attached hydrogen (secondary N) is 1. The van der Waals surface area contributed by atoms with Gasteiger partial charge in [-0.3, -0.25) is 0 Å². The van der Waals surface area contributed by atoms with Crippen molar-refractivity contribution in [2.75, 3.05) is 6.54 Å². The second-order valence-electron chi connectivity index (χ2n) is 5.19. The smallest absolute Gasteiger partial charge is 0.244 e. The summed E-state index contributed by atoms with van der Waals surface area (Å²) in [6, 6.07) is 1.46. The van der Waals surface area contributed by atoms with Crippen LogP contribution in [0.5, 0.6) is 0 Å². The van der Waals surface area contributed by atoms with Crippen molar-refractivity contribution in [2.24, 2.45) is 17.6 Å².